The first-order chi connectivity index (χ1) is 11.2. The number of esters is 1. The monoisotopic (exact) mass is 349 g/mol. The molecule has 8 heteroatoms. The minimum absolute atomic E-state index is 0.160. The van der Waals surface area contributed by atoms with Gasteiger partial charge in [-0.1, -0.05) is 28.9 Å². The maximum Gasteiger partial charge on any atom is 0.306 e. The summed E-state index contributed by atoms with van der Waals surface area (Å²) < 4.78 is 10.3. The van der Waals surface area contributed by atoms with Gasteiger partial charge in [-0.2, -0.15) is 4.98 Å². The lowest BCUT2D eigenvalue weighted by Gasteiger charge is -2.03. The predicted molar refractivity (Wildman–Crippen MR) is 85.0 cm³/mol. The summed E-state index contributed by atoms with van der Waals surface area (Å²) in [6, 6.07) is 7.23. The van der Waals surface area contributed by atoms with Crippen LogP contribution in [0.2, 0.25) is 5.15 Å². The normalized spacial score (nSPS) is 10.7. The summed E-state index contributed by atoms with van der Waals surface area (Å²) in [4.78, 5) is 20.8. The number of halogens is 1. The van der Waals surface area contributed by atoms with Crippen LogP contribution in [0.15, 0.2) is 40.4 Å². The Labute approximate surface area is 141 Å². The molecule has 0 fully saturated rings. The van der Waals surface area contributed by atoms with Crippen molar-refractivity contribution in [2.75, 3.05) is 0 Å². The molecule has 0 aliphatic heterocycles. The Morgan fingerprint density at radius 2 is 2.26 bits per heavy atom. The number of aromatic nitrogens is 3. The number of carbonyl (C=O) groups is 1. The van der Waals surface area contributed by atoms with Crippen LogP contribution < -0.4 is 0 Å². The highest BCUT2D eigenvalue weighted by Gasteiger charge is 2.12. The molecule has 0 bridgehead atoms. The van der Waals surface area contributed by atoms with Gasteiger partial charge in [0.25, 0.3) is 0 Å². The van der Waals surface area contributed by atoms with Crippen LogP contribution in [0.4, 0.5) is 0 Å². The van der Waals surface area contributed by atoms with Crippen molar-refractivity contribution in [1.29, 1.82) is 0 Å². The Morgan fingerprint density at radius 3 is 3.00 bits per heavy atom. The van der Waals surface area contributed by atoms with E-state index in [0.29, 0.717) is 23.3 Å². The van der Waals surface area contributed by atoms with Crippen molar-refractivity contribution < 1.29 is 14.1 Å². The van der Waals surface area contributed by atoms with Gasteiger partial charge >= 0.3 is 5.97 Å². The fourth-order valence-electron chi connectivity index (χ4n) is 1.80. The summed E-state index contributed by atoms with van der Waals surface area (Å²) in [5.74, 6) is 0.616. The molecular formula is C15H12ClN3O3S. The Hall–Kier alpha value is -2.25. The number of carbonyl (C=O) groups excluding carboxylic acids is 1. The molecule has 3 rings (SSSR count). The Bertz CT molecular complexity index is 772. The van der Waals surface area contributed by atoms with E-state index in [-0.39, 0.29) is 19.0 Å². The number of thiophene rings is 1. The molecular weight excluding hydrogens is 338 g/mol. The molecule has 0 amide bonds. The summed E-state index contributed by atoms with van der Waals surface area (Å²) in [5.41, 5.74) is 0.778. The van der Waals surface area contributed by atoms with Crippen LogP contribution in [0.1, 0.15) is 17.9 Å². The number of aryl methyl sites for hydroxylation is 1. The van der Waals surface area contributed by atoms with E-state index in [1.807, 2.05) is 17.5 Å². The van der Waals surface area contributed by atoms with Crippen molar-refractivity contribution >= 4 is 28.9 Å². The van der Waals surface area contributed by atoms with Crippen LogP contribution in [-0.2, 0) is 22.6 Å². The molecule has 0 radical (unpaired) electrons. The van der Waals surface area contributed by atoms with E-state index < -0.39 is 0 Å². The second-order valence-corrected chi connectivity index (χ2v) is 5.97. The molecule has 0 aliphatic carbocycles. The fourth-order valence-corrected chi connectivity index (χ4v) is 2.56. The van der Waals surface area contributed by atoms with Gasteiger partial charge in [-0.05, 0) is 17.5 Å². The molecule has 3 aromatic rings. The Morgan fingerprint density at radius 1 is 1.35 bits per heavy atom. The molecule has 0 spiro atoms. The van der Waals surface area contributed by atoms with Crippen LogP contribution in [-0.4, -0.2) is 21.1 Å². The molecule has 0 saturated carbocycles. The molecule has 0 unspecified atom stereocenters. The predicted octanol–water partition coefficient (Wildman–Crippen LogP) is 3.52. The standard InChI is InChI=1S/C15H12ClN3O3S/c16-12-4-3-10(8-17-12)9-21-14(20)6-5-13-18-15(19-22-13)11-2-1-7-23-11/h1-4,7-8H,5-6,9H2. The number of nitrogens with zero attached hydrogens (tertiary/aromatic N) is 3. The Balaban J connectivity index is 1.46. The van der Waals surface area contributed by atoms with E-state index in [1.165, 1.54) is 11.3 Å². The minimum atomic E-state index is -0.337. The topological polar surface area (TPSA) is 78.1 Å². The third-order valence-electron chi connectivity index (χ3n) is 2.94. The van der Waals surface area contributed by atoms with E-state index in [9.17, 15) is 4.79 Å². The van der Waals surface area contributed by atoms with Gasteiger partial charge in [0.1, 0.15) is 11.8 Å². The smallest absolute Gasteiger partial charge is 0.306 e. The van der Waals surface area contributed by atoms with Gasteiger partial charge in [0.2, 0.25) is 11.7 Å². The first-order valence-corrected chi connectivity index (χ1v) is 8.09. The first kappa shape index (κ1) is 15.6. The van der Waals surface area contributed by atoms with Gasteiger partial charge < -0.3 is 9.26 Å². The highest BCUT2D eigenvalue weighted by Crippen LogP contribution is 2.21. The third kappa shape index (κ3) is 4.37. The number of rotatable bonds is 6. The number of hydrogen-bond donors (Lipinski definition) is 0. The molecule has 0 aliphatic rings. The largest absolute Gasteiger partial charge is 0.461 e. The van der Waals surface area contributed by atoms with Gasteiger partial charge in [-0.15, -0.1) is 11.3 Å². The van der Waals surface area contributed by atoms with Crippen LogP contribution in [0.5, 0.6) is 0 Å². The number of hydrogen-bond acceptors (Lipinski definition) is 7. The molecule has 6 nitrogen and oxygen atoms in total. The van der Waals surface area contributed by atoms with Crippen LogP contribution in [0, 0.1) is 0 Å². The molecule has 0 atom stereocenters. The van der Waals surface area contributed by atoms with Crippen molar-refractivity contribution in [2.24, 2.45) is 0 Å². The van der Waals surface area contributed by atoms with Gasteiger partial charge in [0, 0.05) is 18.2 Å². The first-order valence-electron chi connectivity index (χ1n) is 6.83. The van der Waals surface area contributed by atoms with Crippen molar-refractivity contribution in [3.63, 3.8) is 0 Å². The van der Waals surface area contributed by atoms with Crippen molar-refractivity contribution in [3.8, 4) is 10.7 Å². The van der Waals surface area contributed by atoms with Crippen LogP contribution >= 0.6 is 22.9 Å². The zero-order chi connectivity index (χ0) is 16.1. The molecule has 0 aromatic carbocycles. The summed E-state index contributed by atoms with van der Waals surface area (Å²) in [7, 11) is 0. The summed E-state index contributed by atoms with van der Waals surface area (Å²) >= 11 is 7.22. The van der Waals surface area contributed by atoms with Crippen LogP contribution in [0.25, 0.3) is 10.7 Å². The van der Waals surface area contributed by atoms with Crippen molar-refractivity contribution in [1.82, 2.24) is 15.1 Å². The zero-order valence-corrected chi connectivity index (χ0v) is 13.5. The van der Waals surface area contributed by atoms with Crippen molar-refractivity contribution in [2.45, 2.75) is 19.4 Å². The second kappa shape index (κ2) is 7.34. The van der Waals surface area contributed by atoms with Crippen LogP contribution in [0.3, 0.4) is 0 Å². The SMILES string of the molecule is O=C(CCc1nc(-c2cccs2)no1)OCc1ccc(Cl)nc1. The lowest BCUT2D eigenvalue weighted by Crippen LogP contribution is -2.06. The third-order valence-corrected chi connectivity index (χ3v) is 4.03. The molecule has 0 saturated heterocycles. The van der Waals surface area contributed by atoms with E-state index in [4.69, 9.17) is 20.9 Å². The number of pyridine rings is 1. The average Bonchev–Trinajstić information content (AvgIpc) is 3.23. The van der Waals surface area contributed by atoms with E-state index in [0.717, 1.165) is 10.4 Å². The van der Waals surface area contributed by atoms with E-state index in [2.05, 4.69) is 15.1 Å². The molecule has 23 heavy (non-hydrogen) atoms. The second-order valence-electron chi connectivity index (χ2n) is 4.64. The minimum Gasteiger partial charge on any atom is -0.461 e. The Kier molecular flexibility index (Phi) is 4.99. The molecule has 3 aromatic heterocycles. The maximum atomic E-state index is 11.7. The van der Waals surface area contributed by atoms with E-state index >= 15 is 0 Å². The van der Waals surface area contributed by atoms with Gasteiger partial charge in [0.15, 0.2) is 0 Å². The molecule has 3 heterocycles. The molecule has 118 valence electrons. The lowest BCUT2D eigenvalue weighted by molar-refractivity contribution is -0.145. The summed E-state index contributed by atoms with van der Waals surface area (Å²) in [5, 5.41) is 6.23. The highest BCUT2D eigenvalue weighted by molar-refractivity contribution is 7.13. The maximum absolute atomic E-state index is 11.7. The highest BCUT2D eigenvalue weighted by atomic mass is 35.5. The quantitative estimate of drug-likeness (QED) is 0.500. The summed E-state index contributed by atoms with van der Waals surface area (Å²) in [6.45, 7) is 0.160. The van der Waals surface area contributed by atoms with Gasteiger partial charge in [-0.3, -0.25) is 4.79 Å². The molecule has 0 N–H and O–H groups in total. The number of ether oxygens (including phenoxy) is 1. The zero-order valence-electron chi connectivity index (χ0n) is 11.9. The fraction of sp³-hybridized carbons (Fsp3) is 0.200. The van der Waals surface area contributed by atoms with Crippen molar-refractivity contribution in [3.05, 3.63) is 52.4 Å². The summed E-state index contributed by atoms with van der Waals surface area (Å²) in [6.07, 6.45) is 2.09. The van der Waals surface area contributed by atoms with Gasteiger partial charge in [0.05, 0.1) is 11.3 Å². The lowest BCUT2D eigenvalue weighted by atomic mass is 10.3. The van der Waals surface area contributed by atoms with E-state index in [1.54, 1.807) is 18.3 Å². The van der Waals surface area contributed by atoms with Gasteiger partial charge in [-0.25, -0.2) is 4.98 Å². The average molecular weight is 350 g/mol.